The molecule has 1 saturated heterocycles. The minimum absolute atomic E-state index is 0.00645. The number of benzene rings is 1. The van der Waals surface area contributed by atoms with Crippen LogP contribution < -0.4 is 0 Å². The summed E-state index contributed by atoms with van der Waals surface area (Å²) in [6.07, 6.45) is -6.16. The summed E-state index contributed by atoms with van der Waals surface area (Å²) in [6, 6.07) is 4.19. The third-order valence-corrected chi connectivity index (χ3v) is 4.58. The second kappa shape index (κ2) is 6.71. The first-order chi connectivity index (χ1) is 12.2. The fourth-order valence-corrected chi connectivity index (χ4v) is 3.34. The molecule has 0 radical (unpaired) electrons. The number of alkyl halides is 3. The molecule has 3 rings (SSSR count). The molecular weight excluding hydrogens is 353 g/mol. The SMILES string of the molecule is C[C@@H]1OCCN(C(=O)CCN2C(=O)c3ccccc3C2=O)[C@@H]1C(F)(F)F. The number of imide groups is 1. The van der Waals surface area contributed by atoms with Crippen LogP contribution >= 0.6 is 0 Å². The Labute approximate surface area is 147 Å². The van der Waals surface area contributed by atoms with Crippen molar-refractivity contribution in [3.63, 3.8) is 0 Å². The predicted octanol–water partition coefficient (Wildman–Crippen LogP) is 1.85. The average Bonchev–Trinajstić information content (AvgIpc) is 2.83. The molecule has 140 valence electrons. The second-order valence-corrected chi connectivity index (χ2v) is 6.21. The lowest BCUT2D eigenvalue weighted by Gasteiger charge is -2.40. The fraction of sp³-hybridized carbons (Fsp3) is 0.471. The van der Waals surface area contributed by atoms with E-state index in [0.29, 0.717) is 0 Å². The van der Waals surface area contributed by atoms with Crippen molar-refractivity contribution in [2.75, 3.05) is 19.7 Å². The monoisotopic (exact) mass is 370 g/mol. The minimum Gasteiger partial charge on any atom is -0.374 e. The van der Waals surface area contributed by atoms with Gasteiger partial charge in [-0.1, -0.05) is 12.1 Å². The van der Waals surface area contributed by atoms with Crippen molar-refractivity contribution in [2.24, 2.45) is 0 Å². The van der Waals surface area contributed by atoms with E-state index in [2.05, 4.69) is 0 Å². The van der Waals surface area contributed by atoms with Crippen molar-refractivity contribution in [2.45, 2.75) is 31.7 Å². The van der Waals surface area contributed by atoms with Gasteiger partial charge in [-0.25, -0.2) is 0 Å². The second-order valence-electron chi connectivity index (χ2n) is 6.21. The Balaban J connectivity index is 1.69. The smallest absolute Gasteiger partial charge is 0.374 e. The summed E-state index contributed by atoms with van der Waals surface area (Å²) in [5.74, 6) is -1.85. The number of ether oxygens (including phenoxy) is 1. The standard InChI is InChI=1S/C17H17F3N2O4/c1-10-14(17(18,19)20)21(8-9-26-10)13(23)6-7-22-15(24)11-4-2-3-5-12(11)16(22)25/h2-5,10,14H,6-9H2,1H3/t10-,14-/m0/s1. The van der Waals surface area contributed by atoms with E-state index in [-0.39, 0.29) is 37.2 Å². The molecule has 2 aliphatic rings. The Kier molecular flexibility index (Phi) is 4.74. The number of carbonyl (C=O) groups excluding carboxylic acids is 3. The van der Waals surface area contributed by atoms with Crippen LogP contribution in [0.15, 0.2) is 24.3 Å². The summed E-state index contributed by atoms with van der Waals surface area (Å²) in [5, 5.41) is 0. The Morgan fingerprint density at radius 1 is 1.19 bits per heavy atom. The summed E-state index contributed by atoms with van der Waals surface area (Å²) in [6.45, 7) is 0.825. The molecule has 26 heavy (non-hydrogen) atoms. The normalized spacial score (nSPS) is 23.4. The molecular formula is C17H17F3N2O4. The Hall–Kier alpha value is -2.42. The summed E-state index contributed by atoms with van der Waals surface area (Å²) >= 11 is 0. The van der Waals surface area contributed by atoms with Crippen LogP contribution in [0.3, 0.4) is 0 Å². The third-order valence-electron chi connectivity index (χ3n) is 4.58. The van der Waals surface area contributed by atoms with Crippen LogP contribution in [0.25, 0.3) is 0 Å². The first-order valence-electron chi connectivity index (χ1n) is 8.15. The maximum Gasteiger partial charge on any atom is 0.411 e. The van der Waals surface area contributed by atoms with Crippen LogP contribution in [0.4, 0.5) is 13.2 Å². The van der Waals surface area contributed by atoms with Gasteiger partial charge in [-0.05, 0) is 19.1 Å². The molecule has 3 amide bonds. The van der Waals surface area contributed by atoms with Gasteiger partial charge in [-0.2, -0.15) is 13.2 Å². The molecule has 0 saturated carbocycles. The molecule has 6 nitrogen and oxygen atoms in total. The van der Waals surface area contributed by atoms with Gasteiger partial charge in [0.15, 0.2) is 6.04 Å². The highest BCUT2D eigenvalue weighted by Gasteiger charge is 2.50. The molecule has 1 fully saturated rings. The van der Waals surface area contributed by atoms with E-state index in [0.717, 1.165) is 9.80 Å². The van der Waals surface area contributed by atoms with E-state index in [1.807, 2.05) is 0 Å². The first-order valence-corrected chi connectivity index (χ1v) is 8.15. The van der Waals surface area contributed by atoms with Crippen molar-refractivity contribution < 1.29 is 32.3 Å². The maximum atomic E-state index is 13.3. The van der Waals surface area contributed by atoms with Crippen molar-refractivity contribution in [1.82, 2.24) is 9.80 Å². The molecule has 9 heteroatoms. The number of amides is 3. The zero-order valence-corrected chi connectivity index (χ0v) is 14.0. The van der Waals surface area contributed by atoms with E-state index in [1.54, 1.807) is 12.1 Å². The fourth-order valence-electron chi connectivity index (χ4n) is 3.34. The molecule has 2 heterocycles. The van der Waals surface area contributed by atoms with E-state index in [9.17, 15) is 27.6 Å². The molecule has 0 unspecified atom stereocenters. The number of rotatable bonds is 3. The van der Waals surface area contributed by atoms with E-state index < -0.39 is 36.0 Å². The highest BCUT2D eigenvalue weighted by atomic mass is 19.4. The van der Waals surface area contributed by atoms with E-state index >= 15 is 0 Å². The Morgan fingerprint density at radius 3 is 2.31 bits per heavy atom. The number of fused-ring (bicyclic) bond motifs is 1. The zero-order valence-electron chi connectivity index (χ0n) is 14.0. The van der Waals surface area contributed by atoms with Crippen LogP contribution in [0.1, 0.15) is 34.1 Å². The van der Waals surface area contributed by atoms with Gasteiger partial charge in [-0.3, -0.25) is 19.3 Å². The largest absolute Gasteiger partial charge is 0.411 e. The van der Waals surface area contributed by atoms with Gasteiger partial charge in [-0.15, -0.1) is 0 Å². The average molecular weight is 370 g/mol. The van der Waals surface area contributed by atoms with Gasteiger partial charge in [0.1, 0.15) is 0 Å². The summed E-state index contributed by atoms with van der Waals surface area (Å²) < 4.78 is 44.8. The van der Waals surface area contributed by atoms with Gasteiger partial charge in [0.25, 0.3) is 11.8 Å². The lowest BCUT2D eigenvalue weighted by atomic mass is 10.1. The maximum absolute atomic E-state index is 13.3. The van der Waals surface area contributed by atoms with Crippen molar-refractivity contribution in [1.29, 1.82) is 0 Å². The molecule has 2 atom stereocenters. The van der Waals surface area contributed by atoms with Crippen molar-refractivity contribution in [3.05, 3.63) is 35.4 Å². The number of morpholine rings is 1. The number of nitrogens with zero attached hydrogens (tertiary/aromatic N) is 2. The minimum atomic E-state index is -4.62. The van der Waals surface area contributed by atoms with Crippen molar-refractivity contribution >= 4 is 17.7 Å². The topological polar surface area (TPSA) is 66.9 Å². The summed E-state index contributed by atoms with van der Waals surface area (Å²) in [4.78, 5) is 38.5. The molecule has 0 aromatic heterocycles. The molecule has 0 aliphatic carbocycles. The van der Waals surface area contributed by atoms with Crippen LogP contribution in [0, 0.1) is 0 Å². The highest BCUT2D eigenvalue weighted by Crippen LogP contribution is 2.31. The summed E-state index contributed by atoms with van der Waals surface area (Å²) in [7, 11) is 0. The Morgan fingerprint density at radius 2 is 1.77 bits per heavy atom. The Bertz CT molecular complexity index is 715. The highest BCUT2D eigenvalue weighted by molar-refractivity contribution is 6.21. The van der Waals surface area contributed by atoms with Crippen LogP contribution in [0.5, 0.6) is 0 Å². The number of carbonyl (C=O) groups is 3. The lowest BCUT2D eigenvalue weighted by molar-refractivity contribution is -0.230. The molecule has 0 N–H and O–H groups in total. The molecule has 1 aromatic carbocycles. The first kappa shape index (κ1) is 18.4. The quantitative estimate of drug-likeness (QED) is 0.762. The van der Waals surface area contributed by atoms with Gasteiger partial charge in [0.2, 0.25) is 5.91 Å². The van der Waals surface area contributed by atoms with Gasteiger partial charge >= 0.3 is 6.18 Å². The zero-order chi connectivity index (χ0) is 19.1. The molecule has 1 aromatic rings. The van der Waals surface area contributed by atoms with E-state index in [4.69, 9.17) is 4.74 Å². The van der Waals surface area contributed by atoms with Crippen LogP contribution in [-0.2, 0) is 9.53 Å². The summed E-state index contributed by atoms with van der Waals surface area (Å²) in [5.41, 5.74) is 0.469. The van der Waals surface area contributed by atoms with E-state index in [1.165, 1.54) is 19.1 Å². The lowest BCUT2D eigenvalue weighted by Crippen LogP contribution is -2.59. The third kappa shape index (κ3) is 3.18. The van der Waals surface area contributed by atoms with Gasteiger partial charge in [0.05, 0.1) is 23.8 Å². The van der Waals surface area contributed by atoms with Crippen LogP contribution in [-0.4, -0.2) is 65.5 Å². The molecule has 0 spiro atoms. The van der Waals surface area contributed by atoms with Gasteiger partial charge in [0, 0.05) is 19.5 Å². The number of hydrogen-bond acceptors (Lipinski definition) is 4. The van der Waals surface area contributed by atoms with Gasteiger partial charge < -0.3 is 9.64 Å². The molecule has 2 aliphatic heterocycles. The predicted molar refractivity (Wildman–Crippen MR) is 83.4 cm³/mol. The number of hydrogen-bond donors (Lipinski definition) is 0. The number of halogens is 3. The van der Waals surface area contributed by atoms with Crippen molar-refractivity contribution in [3.8, 4) is 0 Å². The molecule has 0 bridgehead atoms. The van der Waals surface area contributed by atoms with Crippen LogP contribution in [0.2, 0.25) is 0 Å².